The summed E-state index contributed by atoms with van der Waals surface area (Å²) in [6, 6.07) is 6.27. The van der Waals surface area contributed by atoms with E-state index >= 15 is 0 Å². The number of nitrogen functional groups attached to an aromatic ring is 1. The first-order valence-corrected chi connectivity index (χ1v) is 7.24. The summed E-state index contributed by atoms with van der Waals surface area (Å²) in [6.45, 7) is 1.75. The maximum Gasteiger partial charge on any atom is 0.240 e. The monoisotopic (exact) mass is 271 g/mol. The quantitative estimate of drug-likeness (QED) is 0.528. The minimum atomic E-state index is -3.45. The van der Waals surface area contributed by atoms with Gasteiger partial charge in [-0.2, -0.15) is 0 Å². The highest BCUT2D eigenvalue weighted by Crippen LogP contribution is 2.15. The second-order valence-corrected chi connectivity index (χ2v) is 6.02. The average Bonchev–Trinajstić information content (AvgIpc) is 2.90. The van der Waals surface area contributed by atoms with Crippen LogP contribution in [-0.4, -0.2) is 28.2 Å². The number of nitrogens with one attached hydrogen (secondary N) is 2. The van der Waals surface area contributed by atoms with Crippen molar-refractivity contribution >= 4 is 15.7 Å². The maximum absolute atomic E-state index is 12.0. The lowest BCUT2D eigenvalue weighted by atomic mass is 10.1. The molecule has 0 saturated carbocycles. The summed E-state index contributed by atoms with van der Waals surface area (Å²) in [6.07, 6.45) is 0.901. The average molecular weight is 271 g/mol. The molecule has 1 unspecified atom stereocenters. The van der Waals surface area contributed by atoms with Gasteiger partial charge in [0, 0.05) is 18.8 Å². The van der Waals surface area contributed by atoms with Crippen LogP contribution in [0.2, 0.25) is 0 Å². The fourth-order valence-corrected chi connectivity index (χ4v) is 2.90. The number of hydrogen-bond acceptors (Lipinski definition) is 5. The number of hydrogen-bond donors (Lipinski definition) is 3. The number of sulfonamides is 1. The zero-order valence-electron chi connectivity index (χ0n) is 9.93. The number of anilines is 1. The summed E-state index contributed by atoms with van der Waals surface area (Å²) in [5.41, 5.74) is 3.12. The molecule has 0 aromatic heterocycles. The Morgan fingerprint density at radius 1 is 1.33 bits per heavy atom. The number of nitrogens with two attached hydrogens (primary N) is 1. The molecular weight excluding hydrogens is 254 g/mol. The third kappa shape index (κ3) is 3.20. The first kappa shape index (κ1) is 13.3. The molecule has 0 spiro atoms. The Morgan fingerprint density at radius 2 is 2.06 bits per heavy atom. The summed E-state index contributed by atoms with van der Waals surface area (Å²) >= 11 is 0. The second kappa shape index (κ2) is 5.66. The Morgan fingerprint density at radius 3 is 2.61 bits per heavy atom. The van der Waals surface area contributed by atoms with Crippen LogP contribution in [0.4, 0.5) is 5.69 Å². The van der Waals surface area contributed by atoms with Crippen LogP contribution in [-0.2, 0) is 14.8 Å². The number of ether oxygens (including phenoxy) is 1. The van der Waals surface area contributed by atoms with Crippen molar-refractivity contribution in [3.8, 4) is 0 Å². The summed E-state index contributed by atoms with van der Waals surface area (Å²) in [7, 11) is -3.45. The van der Waals surface area contributed by atoms with E-state index in [9.17, 15) is 8.42 Å². The Hall–Kier alpha value is -1.15. The van der Waals surface area contributed by atoms with Gasteiger partial charge in [-0.05, 0) is 36.6 Å². The number of benzene rings is 1. The highest BCUT2D eigenvalue weighted by atomic mass is 32.2. The minimum Gasteiger partial charge on any atom is -0.381 e. The van der Waals surface area contributed by atoms with E-state index < -0.39 is 10.0 Å². The van der Waals surface area contributed by atoms with Crippen LogP contribution in [0.5, 0.6) is 0 Å². The topological polar surface area (TPSA) is 93.5 Å². The van der Waals surface area contributed by atoms with Crippen molar-refractivity contribution in [2.75, 3.05) is 25.2 Å². The molecule has 7 heteroatoms. The van der Waals surface area contributed by atoms with E-state index in [1.807, 2.05) is 0 Å². The number of rotatable bonds is 5. The third-order valence-corrected chi connectivity index (χ3v) is 4.36. The van der Waals surface area contributed by atoms with E-state index in [0.717, 1.165) is 6.42 Å². The van der Waals surface area contributed by atoms with Crippen LogP contribution in [0.3, 0.4) is 0 Å². The lowest BCUT2D eigenvalue weighted by molar-refractivity contribution is 0.186. The van der Waals surface area contributed by atoms with Gasteiger partial charge in [0.1, 0.15) is 0 Å². The molecule has 0 radical (unpaired) electrons. The molecule has 1 aliphatic heterocycles. The van der Waals surface area contributed by atoms with Gasteiger partial charge in [-0.3, -0.25) is 5.84 Å². The largest absolute Gasteiger partial charge is 0.381 e. The summed E-state index contributed by atoms with van der Waals surface area (Å²) in [4.78, 5) is 0.236. The standard InChI is InChI=1S/C11H17N3O3S/c12-14-10-1-3-11(4-2-10)18(15,16)13-7-9-5-6-17-8-9/h1-4,9,13-14H,5-8,12H2. The summed E-state index contributed by atoms with van der Waals surface area (Å²) in [5.74, 6) is 5.49. The van der Waals surface area contributed by atoms with Crippen LogP contribution >= 0.6 is 0 Å². The van der Waals surface area contributed by atoms with Gasteiger partial charge in [0.15, 0.2) is 0 Å². The van der Waals surface area contributed by atoms with Crippen molar-refractivity contribution in [3.63, 3.8) is 0 Å². The predicted molar refractivity (Wildman–Crippen MR) is 68.4 cm³/mol. The molecule has 0 amide bonds. The van der Waals surface area contributed by atoms with Crippen LogP contribution in [0.15, 0.2) is 29.2 Å². The van der Waals surface area contributed by atoms with E-state index in [1.54, 1.807) is 12.1 Å². The molecule has 100 valence electrons. The fraction of sp³-hybridized carbons (Fsp3) is 0.455. The molecule has 6 nitrogen and oxygen atoms in total. The molecule has 1 aliphatic rings. The molecule has 18 heavy (non-hydrogen) atoms. The molecule has 2 rings (SSSR count). The smallest absolute Gasteiger partial charge is 0.240 e. The lowest BCUT2D eigenvalue weighted by Crippen LogP contribution is -2.29. The Balaban J connectivity index is 2.00. The molecule has 1 atom stereocenters. The van der Waals surface area contributed by atoms with E-state index in [-0.39, 0.29) is 10.8 Å². The fourth-order valence-electron chi connectivity index (χ4n) is 1.79. The Kier molecular flexibility index (Phi) is 4.18. The van der Waals surface area contributed by atoms with Crippen molar-refractivity contribution in [2.24, 2.45) is 11.8 Å². The van der Waals surface area contributed by atoms with Crippen LogP contribution in [0.1, 0.15) is 6.42 Å². The molecule has 1 fully saturated rings. The number of hydrazine groups is 1. The predicted octanol–water partition coefficient (Wildman–Crippen LogP) is 0.287. The third-order valence-electron chi connectivity index (χ3n) is 2.92. The minimum absolute atomic E-state index is 0.236. The zero-order chi connectivity index (χ0) is 13.0. The molecule has 4 N–H and O–H groups in total. The van der Waals surface area contributed by atoms with E-state index in [4.69, 9.17) is 10.6 Å². The molecule has 1 aromatic rings. The molecule has 0 aliphatic carbocycles. The Bertz CT molecular complexity index is 481. The van der Waals surface area contributed by atoms with Crippen molar-refractivity contribution in [1.29, 1.82) is 0 Å². The van der Waals surface area contributed by atoms with Gasteiger partial charge in [0.05, 0.1) is 11.5 Å². The van der Waals surface area contributed by atoms with Crippen molar-refractivity contribution in [1.82, 2.24) is 4.72 Å². The normalized spacial score (nSPS) is 19.9. The van der Waals surface area contributed by atoms with E-state index in [0.29, 0.717) is 25.4 Å². The van der Waals surface area contributed by atoms with Gasteiger partial charge in [-0.15, -0.1) is 0 Å². The molecule has 1 saturated heterocycles. The van der Waals surface area contributed by atoms with Crippen molar-refractivity contribution < 1.29 is 13.2 Å². The highest BCUT2D eigenvalue weighted by Gasteiger charge is 2.20. The SMILES string of the molecule is NNc1ccc(S(=O)(=O)NCC2CCOC2)cc1. The molecular formula is C11H17N3O3S. The van der Waals surface area contributed by atoms with Crippen molar-refractivity contribution in [3.05, 3.63) is 24.3 Å². The van der Waals surface area contributed by atoms with Gasteiger partial charge in [-0.1, -0.05) is 0 Å². The van der Waals surface area contributed by atoms with Gasteiger partial charge >= 0.3 is 0 Å². The van der Waals surface area contributed by atoms with Crippen LogP contribution in [0.25, 0.3) is 0 Å². The maximum atomic E-state index is 12.0. The summed E-state index contributed by atoms with van der Waals surface area (Å²) < 4.78 is 31.8. The van der Waals surface area contributed by atoms with Gasteiger partial charge in [0.2, 0.25) is 10.0 Å². The highest BCUT2D eigenvalue weighted by molar-refractivity contribution is 7.89. The van der Waals surface area contributed by atoms with Crippen LogP contribution < -0.4 is 16.0 Å². The summed E-state index contributed by atoms with van der Waals surface area (Å²) in [5, 5.41) is 0. The molecule has 1 aromatic carbocycles. The van der Waals surface area contributed by atoms with Gasteiger partial charge in [-0.25, -0.2) is 13.1 Å². The zero-order valence-corrected chi connectivity index (χ0v) is 10.7. The van der Waals surface area contributed by atoms with E-state index in [2.05, 4.69) is 10.1 Å². The van der Waals surface area contributed by atoms with Crippen LogP contribution in [0, 0.1) is 5.92 Å². The van der Waals surface area contributed by atoms with E-state index in [1.165, 1.54) is 12.1 Å². The second-order valence-electron chi connectivity index (χ2n) is 4.25. The Labute approximate surface area is 107 Å². The first-order valence-electron chi connectivity index (χ1n) is 5.76. The lowest BCUT2D eigenvalue weighted by Gasteiger charge is -2.10. The van der Waals surface area contributed by atoms with Crippen molar-refractivity contribution in [2.45, 2.75) is 11.3 Å². The molecule has 0 bridgehead atoms. The first-order chi connectivity index (χ1) is 8.62. The molecule has 1 heterocycles. The van der Waals surface area contributed by atoms with Gasteiger partial charge in [0.25, 0.3) is 0 Å². The van der Waals surface area contributed by atoms with Gasteiger partial charge < -0.3 is 10.2 Å².